The average molecular weight is 349 g/mol. The van der Waals surface area contributed by atoms with Crippen molar-refractivity contribution in [2.24, 2.45) is 0 Å². The second-order valence-electron chi connectivity index (χ2n) is 7.59. The Hall–Kier alpha value is -2.08. The Morgan fingerprint density at radius 2 is 1.60 bits per heavy atom. The summed E-state index contributed by atoms with van der Waals surface area (Å²) in [4.78, 5) is 27.1. The highest BCUT2D eigenvalue weighted by Gasteiger charge is 2.20. The zero-order valence-corrected chi connectivity index (χ0v) is 16.4. The van der Waals surface area contributed by atoms with Gasteiger partial charge >= 0.3 is 0 Å². The molecule has 1 rings (SSSR count). The smallest absolute Gasteiger partial charge is 0.275 e. The van der Waals surface area contributed by atoms with E-state index in [1.807, 2.05) is 71.0 Å². The number of anilines is 1. The summed E-state index contributed by atoms with van der Waals surface area (Å²) in [6.07, 6.45) is 0. The van der Waals surface area contributed by atoms with Crippen molar-refractivity contribution in [3.63, 3.8) is 0 Å². The van der Waals surface area contributed by atoms with E-state index in [1.165, 1.54) is 0 Å². The standard InChI is InChI=1S/C19H32N4O2/c1-7-23(14-18(25)21-19(2,3)4)13-17(24)20-12-15-8-10-16(11-9-15)22(5)6/h8-11H,7,12-14H2,1-6H3,(H,20,24)(H,21,25)/p+1. The highest BCUT2D eigenvalue weighted by molar-refractivity contribution is 5.79. The second-order valence-corrected chi connectivity index (χ2v) is 7.59. The van der Waals surface area contributed by atoms with E-state index in [0.717, 1.165) is 22.7 Å². The molecule has 3 N–H and O–H groups in total. The molecule has 0 fully saturated rings. The number of carbonyl (C=O) groups excluding carboxylic acids is 2. The summed E-state index contributed by atoms with van der Waals surface area (Å²) in [6, 6.07) is 8.08. The number of rotatable bonds is 8. The van der Waals surface area contributed by atoms with Crippen molar-refractivity contribution in [1.82, 2.24) is 10.6 Å². The summed E-state index contributed by atoms with van der Waals surface area (Å²) in [5.41, 5.74) is 1.93. The average Bonchev–Trinajstić information content (AvgIpc) is 2.50. The highest BCUT2D eigenvalue weighted by atomic mass is 16.2. The van der Waals surface area contributed by atoms with Crippen molar-refractivity contribution >= 4 is 17.5 Å². The molecule has 6 heteroatoms. The van der Waals surface area contributed by atoms with Crippen molar-refractivity contribution in [2.75, 3.05) is 38.6 Å². The minimum absolute atomic E-state index is 0.0311. The maximum Gasteiger partial charge on any atom is 0.275 e. The van der Waals surface area contributed by atoms with Crippen LogP contribution in [0.15, 0.2) is 24.3 Å². The van der Waals surface area contributed by atoms with Crippen LogP contribution in [0.5, 0.6) is 0 Å². The van der Waals surface area contributed by atoms with Crippen LogP contribution in [0.2, 0.25) is 0 Å². The fourth-order valence-corrected chi connectivity index (χ4v) is 2.40. The van der Waals surface area contributed by atoms with Crippen molar-refractivity contribution in [3.05, 3.63) is 29.8 Å². The Balaban J connectivity index is 2.44. The lowest BCUT2D eigenvalue weighted by Crippen LogP contribution is -3.14. The fourth-order valence-electron chi connectivity index (χ4n) is 2.40. The number of carbonyl (C=O) groups is 2. The molecule has 0 spiro atoms. The van der Waals surface area contributed by atoms with Crippen molar-refractivity contribution in [3.8, 4) is 0 Å². The van der Waals surface area contributed by atoms with Gasteiger partial charge in [-0.15, -0.1) is 0 Å². The van der Waals surface area contributed by atoms with Gasteiger partial charge in [-0.25, -0.2) is 0 Å². The quantitative estimate of drug-likeness (QED) is 0.628. The van der Waals surface area contributed by atoms with E-state index in [1.54, 1.807) is 0 Å². The van der Waals surface area contributed by atoms with Crippen molar-refractivity contribution < 1.29 is 14.5 Å². The molecule has 1 aromatic rings. The summed E-state index contributed by atoms with van der Waals surface area (Å²) in [6.45, 7) is 9.65. The first-order valence-corrected chi connectivity index (χ1v) is 8.78. The van der Waals surface area contributed by atoms with Gasteiger partial charge in [0.1, 0.15) is 0 Å². The summed E-state index contributed by atoms with van der Waals surface area (Å²) in [5, 5.41) is 5.86. The zero-order chi connectivity index (χ0) is 19.0. The maximum absolute atomic E-state index is 12.2. The molecule has 0 radical (unpaired) electrons. The van der Waals surface area contributed by atoms with E-state index in [4.69, 9.17) is 0 Å². The predicted molar refractivity (Wildman–Crippen MR) is 102 cm³/mol. The lowest BCUT2D eigenvalue weighted by molar-refractivity contribution is -0.881. The van der Waals surface area contributed by atoms with Crippen LogP contribution in [0.1, 0.15) is 33.3 Å². The molecule has 0 bridgehead atoms. The Bertz CT molecular complexity index is 562. The van der Waals surface area contributed by atoms with Crippen LogP contribution in [0, 0.1) is 0 Å². The van der Waals surface area contributed by atoms with E-state index < -0.39 is 0 Å². The largest absolute Gasteiger partial charge is 0.378 e. The third-order valence-electron chi connectivity index (χ3n) is 3.78. The van der Waals surface area contributed by atoms with Gasteiger partial charge in [0, 0.05) is 31.9 Å². The lowest BCUT2D eigenvalue weighted by Gasteiger charge is -2.23. The van der Waals surface area contributed by atoms with Gasteiger partial charge in [-0.3, -0.25) is 9.59 Å². The molecule has 2 amide bonds. The van der Waals surface area contributed by atoms with Gasteiger partial charge in [-0.05, 0) is 45.4 Å². The molecule has 1 atom stereocenters. The van der Waals surface area contributed by atoms with Crippen LogP contribution >= 0.6 is 0 Å². The molecular weight excluding hydrogens is 316 g/mol. The molecule has 0 aromatic heterocycles. The molecule has 6 nitrogen and oxygen atoms in total. The van der Waals surface area contributed by atoms with Crippen LogP contribution in [-0.4, -0.2) is 51.1 Å². The minimum Gasteiger partial charge on any atom is -0.378 e. The van der Waals surface area contributed by atoms with Crippen LogP contribution in [0.3, 0.4) is 0 Å². The third kappa shape index (κ3) is 8.54. The summed E-state index contributed by atoms with van der Waals surface area (Å²) < 4.78 is 0. The molecule has 25 heavy (non-hydrogen) atoms. The number of benzene rings is 1. The second kappa shape index (κ2) is 9.42. The van der Waals surface area contributed by atoms with E-state index >= 15 is 0 Å². The van der Waals surface area contributed by atoms with Crippen molar-refractivity contribution in [2.45, 2.75) is 39.8 Å². The summed E-state index contributed by atoms with van der Waals surface area (Å²) in [5.74, 6) is -0.0754. The first kappa shape index (κ1) is 21.0. The van der Waals surface area contributed by atoms with Crippen molar-refractivity contribution in [1.29, 1.82) is 0 Å². The van der Waals surface area contributed by atoms with Gasteiger partial charge < -0.3 is 20.4 Å². The van der Waals surface area contributed by atoms with E-state index in [2.05, 4.69) is 10.6 Å². The van der Waals surface area contributed by atoms with E-state index in [-0.39, 0.29) is 17.4 Å². The van der Waals surface area contributed by atoms with Crippen LogP contribution < -0.4 is 20.4 Å². The Kier molecular flexibility index (Phi) is 7.90. The first-order chi connectivity index (χ1) is 11.6. The SMILES string of the molecule is CC[NH+](CC(=O)NCc1ccc(N(C)C)cc1)CC(=O)NC(C)(C)C. The van der Waals surface area contributed by atoms with E-state index in [0.29, 0.717) is 19.6 Å². The summed E-state index contributed by atoms with van der Waals surface area (Å²) >= 11 is 0. The maximum atomic E-state index is 12.2. The molecule has 0 aliphatic carbocycles. The first-order valence-electron chi connectivity index (χ1n) is 8.78. The molecule has 0 aliphatic heterocycles. The van der Waals surface area contributed by atoms with Gasteiger partial charge in [0.25, 0.3) is 11.8 Å². The Morgan fingerprint density at radius 1 is 1.04 bits per heavy atom. The number of hydrogen-bond donors (Lipinski definition) is 3. The molecule has 1 aromatic carbocycles. The molecule has 0 saturated heterocycles. The fraction of sp³-hybridized carbons (Fsp3) is 0.579. The third-order valence-corrected chi connectivity index (χ3v) is 3.78. The molecular formula is C19H33N4O2+. The normalized spacial score (nSPS) is 12.4. The van der Waals surface area contributed by atoms with Gasteiger partial charge in [-0.1, -0.05) is 12.1 Å². The number of nitrogens with one attached hydrogen (secondary N) is 3. The van der Waals surface area contributed by atoms with Crippen LogP contribution in [0.4, 0.5) is 5.69 Å². The number of amides is 2. The highest BCUT2D eigenvalue weighted by Crippen LogP contribution is 2.11. The predicted octanol–water partition coefficient (Wildman–Crippen LogP) is 0.188. The van der Waals surface area contributed by atoms with Gasteiger partial charge in [0.2, 0.25) is 0 Å². The topological polar surface area (TPSA) is 65.9 Å². The van der Waals surface area contributed by atoms with E-state index in [9.17, 15) is 9.59 Å². The van der Waals surface area contributed by atoms with Gasteiger partial charge in [0.15, 0.2) is 13.1 Å². The molecule has 0 heterocycles. The number of likely N-dealkylation sites (N-methyl/N-ethyl adjacent to an activating group) is 1. The molecule has 1 unspecified atom stereocenters. The molecule has 0 saturated carbocycles. The summed E-state index contributed by atoms with van der Waals surface area (Å²) in [7, 11) is 3.99. The number of hydrogen-bond acceptors (Lipinski definition) is 3. The number of nitrogens with zero attached hydrogens (tertiary/aromatic N) is 1. The lowest BCUT2D eigenvalue weighted by atomic mass is 10.1. The van der Waals surface area contributed by atoms with Gasteiger partial charge in [-0.2, -0.15) is 0 Å². The number of quaternary nitrogens is 1. The molecule has 0 aliphatic rings. The molecule has 140 valence electrons. The van der Waals surface area contributed by atoms with Crippen LogP contribution in [-0.2, 0) is 16.1 Å². The van der Waals surface area contributed by atoms with Gasteiger partial charge in [0.05, 0.1) is 6.54 Å². The zero-order valence-electron chi connectivity index (χ0n) is 16.4. The van der Waals surface area contributed by atoms with Crippen LogP contribution in [0.25, 0.3) is 0 Å². The Morgan fingerprint density at radius 3 is 2.08 bits per heavy atom. The Labute approximate surface area is 151 Å². The monoisotopic (exact) mass is 349 g/mol. The minimum atomic E-state index is -0.253.